The number of rotatable bonds is 11. The van der Waals surface area contributed by atoms with Crippen LogP contribution in [-0.4, -0.2) is 26.2 Å². The van der Waals surface area contributed by atoms with E-state index in [4.69, 9.17) is 9.47 Å². The van der Waals surface area contributed by atoms with Gasteiger partial charge in [-0.25, -0.2) is 0 Å². The third-order valence-corrected chi connectivity index (χ3v) is 5.52. The van der Waals surface area contributed by atoms with Crippen molar-refractivity contribution in [1.82, 2.24) is 5.32 Å². The van der Waals surface area contributed by atoms with Gasteiger partial charge in [-0.15, -0.1) is 0 Å². The van der Waals surface area contributed by atoms with Crippen LogP contribution in [0.3, 0.4) is 0 Å². The van der Waals surface area contributed by atoms with Crippen molar-refractivity contribution in [3.05, 3.63) is 58.1 Å². The van der Waals surface area contributed by atoms with E-state index in [1.165, 1.54) is 12.0 Å². The molecule has 1 N–H and O–H groups in total. The fourth-order valence-corrected chi connectivity index (χ4v) is 3.60. The molecule has 2 aromatic rings. The number of nitrogens with one attached hydrogen (secondary N) is 1. The molecule has 0 saturated heterocycles. The number of amides is 1. The zero-order valence-electron chi connectivity index (χ0n) is 17.0. The number of benzene rings is 2. The van der Waals surface area contributed by atoms with Crippen LogP contribution in [0.1, 0.15) is 43.7 Å². The summed E-state index contributed by atoms with van der Waals surface area (Å²) in [5.41, 5.74) is 2.09. The van der Waals surface area contributed by atoms with Gasteiger partial charge < -0.3 is 14.8 Å². The summed E-state index contributed by atoms with van der Waals surface area (Å²) in [6.07, 6.45) is 5.53. The number of carbonyl (C=O) groups excluding carboxylic acids is 1. The Morgan fingerprint density at radius 2 is 1.82 bits per heavy atom. The molecule has 28 heavy (non-hydrogen) atoms. The van der Waals surface area contributed by atoms with Crippen molar-refractivity contribution in [3.8, 4) is 11.5 Å². The quantitative estimate of drug-likeness (QED) is 0.474. The molecule has 0 spiro atoms. The maximum atomic E-state index is 12.7. The van der Waals surface area contributed by atoms with Crippen molar-refractivity contribution in [3.63, 3.8) is 0 Å². The Morgan fingerprint density at radius 1 is 1.07 bits per heavy atom. The largest absolute Gasteiger partial charge is 0.497 e. The molecule has 0 aromatic heterocycles. The lowest BCUT2D eigenvalue weighted by atomic mass is 9.99. The van der Waals surface area contributed by atoms with Crippen LogP contribution in [-0.2, 0) is 17.6 Å². The zero-order valence-corrected chi connectivity index (χ0v) is 18.6. The summed E-state index contributed by atoms with van der Waals surface area (Å²) >= 11 is 3.53. The second kappa shape index (κ2) is 11.7. The van der Waals surface area contributed by atoms with Crippen LogP contribution in [0.2, 0.25) is 0 Å². The first kappa shape index (κ1) is 22.3. The number of carbonyl (C=O) groups is 1. The summed E-state index contributed by atoms with van der Waals surface area (Å²) in [4.78, 5) is 12.7. The van der Waals surface area contributed by atoms with Crippen molar-refractivity contribution in [2.75, 3.05) is 14.2 Å². The minimum absolute atomic E-state index is 0.0262. The van der Waals surface area contributed by atoms with E-state index < -0.39 is 0 Å². The number of methoxy groups -OCH3 is 2. The van der Waals surface area contributed by atoms with Crippen molar-refractivity contribution in [2.24, 2.45) is 0 Å². The number of hydrogen-bond donors (Lipinski definition) is 1. The minimum atomic E-state index is 0.0262. The van der Waals surface area contributed by atoms with Gasteiger partial charge in [0, 0.05) is 10.5 Å². The van der Waals surface area contributed by atoms with E-state index in [0.717, 1.165) is 47.2 Å². The fourth-order valence-electron chi connectivity index (χ4n) is 3.22. The van der Waals surface area contributed by atoms with Gasteiger partial charge in [0.15, 0.2) is 0 Å². The minimum Gasteiger partial charge on any atom is -0.497 e. The average molecular weight is 448 g/mol. The Hall–Kier alpha value is -2.01. The molecule has 1 unspecified atom stereocenters. The van der Waals surface area contributed by atoms with E-state index in [2.05, 4.69) is 34.2 Å². The van der Waals surface area contributed by atoms with Crippen LogP contribution >= 0.6 is 15.9 Å². The molecule has 0 aliphatic carbocycles. The normalized spacial score (nSPS) is 11.7. The van der Waals surface area contributed by atoms with Crippen LogP contribution in [0.25, 0.3) is 0 Å². The number of halogens is 1. The fraction of sp³-hybridized carbons (Fsp3) is 0.435. The van der Waals surface area contributed by atoms with Gasteiger partial charge in [0.1, 0.15) is 11.5 Å². The van der Waals surface area contributed by atoms with Gasteiger partial charge in [-0.2, -0.15) is 0 Å². The maximum Gasteiger partial charge on any atom is 0.224 e. The standard InChI is InChI=1S/C23H30BrNO3/c1-4-5-6-9-19(13-17-8-7-10-20(14-17)27-2)25-23(26)16-18-15-21(28-3)11-12-22(18)24/h7-8,10-12,14-15,19H,4-6,9,13,16H2,1-3H3,(H,25,26). The lowest BCUT2D eigenvalue weighted by molar-refractivity contribution is -0.121. The van der Waals surface area contributed by atoms with Crippen molar-refractivity contribution in [2.45, 2.75) is 51.5 Å². The molecule has 152 valence electrons. The molecular formula is C23H30BrNO3. The zero-order chi connectivity index (χ0) is 20.4. The Bertz CT molecular complexity index is 763. The molecule has 0 heterocycles. The molecule has 1 amide bonds. The second-order valence-electron chi connectivity index (χ2n) is 6.95. The summed E-state index contributed by atoms with van der Waals surface area (Å²) in [7, 11) is 3.30. The molecule has 5 heteroatoms. The first-order valence-electron chi connectivity index (χ1n) is 9.80. The topological polar surface area (TPSA) is 47.6 Å². The summed E-state index contributed by atoms with van der Waals surface area (Å²) in [6.45, 7) is 2.19. The highest BCUT2D eigenvalue weighted by Gasteiger charge is 2.15. The third kappa shape index (κ3) is 7.19. The van der Waals surface area contributed by atoms with Gasteiger partial charge in [0.25, 0.3) is 0 Å². The highest BCUT2D eigenvalue weighted by atomic mass is 79.9. The molecule has 0 aliphatic rings. The van der Waals surface area contributed by atoms with Crippen molar-refractivity contribution < 1.29 is 14.3 Å². The summed E-state index contributed by atoms with van der Waals surface area (Å²) < 4.78 is 11.5. The lowest BCUT2D eigenvalue weighted by Crippen LogP contribution is -2.37. The number of unbranched alkanes of at least 4 members (excludes halogenated alkanes) is 2. The Morgan fingerprint density at radius 3 is 2.54 bits per heavy atom. The Kier molecular flexibility index (Phi) is 9.35. The first-order chi connectivity index (χ1) is 13.5. The second-order valence-corrected chi connectivity index (χ2v) is 7.80. The monoisotopic (exact) mass is 447 g/mol. The van der Waals surface area contributed by atoms with Gasteiger partial charge in [0.2, 0.25) is 5.91 Å². The smallest absolute Gasteiger partial charge is 0.224 e. The van der Waals surface area contributed by atoms with E-state index in [9.17, 15) is 4.79 Å². The van der Waals surface area contributed by atoms with Crippen LogP contribution in [0.4, 0.5) is 0 Å². The first-order valence-corrected chi connectivity index (χ1v) is 10.6. The molecule has 0 bridgehead atoms. The lowest BCUT2D eigenvalue weighted by Gasteiger charge is -2.20. The highest BCUT2D eigenvalue weighted by Crippen LogP contribution is 2.23. The van der Waals surface area contributed by atoms with E-state index in [1.807, 2.05) is 36.4 Å². The van der Waals surface area contributed by atoms with Crippen LogP contribution < -0.4 is 14.8 Å². The van der Waals surface area contributed by atoms with Crippen LogP contribution in [0.15, 0.2) is 46.9 Å². The van der Waals surface area contributed by atoms with Gasteiger partial charge >= 0.3 is 0 Å². The summed E-state index contributed by atoms with van der Waals surface area (Å²) in [5.74, 6) is 1.62. The van der Waals surface area contributed by atoms with Crippen molar-refractivity contribution in [1.29, 1.82) is 0 Å². The molecule has 0 fully saturated rings. The predicted molar refractivity (Wildman–Crippen MR) is 117 cm³/mol. The number of hydrogen-bond acceptors (Lipinski definition) is 3. The van der Waals surface area contributed by atoms with Crippen LogP contribution in [0, 0.1) is 0 Å². The molecule has 2 rings (SSSR count). The van der Waals surface area contributed by atoms with Gasteiger partial charge in [-0.3, -0.25) is 4.79 Å². The van der Waals surface area contributed by atoms with E-state index in [-0.39, 0.29) is 11.9 Å². The van der Waals surface area contributed by atoms with Gasteiger partial charge in [0.05, 0.1) is 20.6 Å². The molecule has 0 radical (unpaired) electrons. The molecule has 0 aliphatic heterocycles. The molecule has 2 aromatic carbocycles. The molecule has 1 atom stereocenters. The Balaban J connectivity index is 2.05. The van der Waals surface area contributed by atoms with Gasteiger partial charge in [-0.1, -0.05) is 54.2 Å². The van der Waals surface area contributed by atoms with Crippen molar-refractivity contribution >= 4 is 21.8 Å². The molecular weight excluding hydrogens is 418 g/mol. The SMILES string of the molecule is CCCCCC(Cc1cccc(OC)c1)NC(=O)Cc1cc(OC)ccc1Br. The molecule has 4 nitrogen and oxygen atoms in total. The van der Waals surface area contributed by atoms with Gasteiger partial charge in [-0.05, 0) is 54.3 Å². The van der Waals surface area contributed by atoms with E-state index >= 15 is 0 Å². The third-order valence-electron chi connectivity index (χ3n) is 4.74. The van der Waals surface area contributed by atoms with Crippen LogP contribution in [0.5, 0.6) is 11.5 Å². The summed E-state index contributed by atoms with van der Waals surface area (Å²) in [6, 6.07) is 13.9. The van der Waals surface area contributed by atoms with E-state index in [1.54, 1.807) is 14.2 Å². The molecule has 0 saturated carbocycles. The highest BCUT2D eigenvalue weighted by molar-refractivity contribution is 9.10. The summed E-state index contributed by atoms with van der Waals surface area (Å²) in [5, 5.41) is 3.23. The van der Waals surface area contributed by atoms with E-state index in [0.29, 0.717) is 6.42 Å². The maximum absolute atomic E-state index is 12.7. The predicted octanol–water partition coefficient (Wildman–Crippen LogP) is 5.32. The average Bonchev–Trinajstić information content (AvgIpc) is 2.70. The Labute approximate surface area is 176 Å². The number of ether oxygens (including phenoxy) is 2.